The Morgan fingerprint density at radius 2 is 1.45 bits per heavy atom. The van der Waals surface area contributed by atoms with Gasteiger partial charge in [0.2, 0.25) is 5.91 Å². The molecule has 1 amide bonds. The molecule has 33 heavy (non-hydrogen) atoms. The van der Waals surface area contributed by atoms with E-state index in [0.29, 0.717) is 6.54 Å². The molecule has 0 aromatic heterocycles. The number of rotatable bonds is 9. The van der Waals surface area contributed by atoms with Gasteiger partial charge in [-0.1, -0.05) is 63.1 Å². The highest BCUT2D eigenvalue weighted by Crippen LogP contribution is 2.36. The van der Waals surface area contributed by atoms with Crippen molar-refractivity contribution in [3.8, 4) is 0 Å². The molecule has 2 aromatic carbocycles. The van der Waals surface area contributed by atoms with Crippen molar-refractivity contribution in [2.45, 2.75) is 58.8 Å². The van der Waals surface area contributed by atoms with Gasteiger partial charge in [0, 0.05) is 0 Å². The van der Waals surface area contributed by atoms with Gasteiger partial charge in [0.05, 0.1) is 17.9 Å². The summed E-state index contributed by atoms with van der Waals surface area (Å²) in [5, 5.41) is 0. The molecular formula is C29H41N3O. The van der Waals surface area contributed by atoms with Crippen LogP contribution in [-0.4, -0.2) is 55.0 Å². The van der Waals surface area contributed by atoms with Crippen molar-refractivity contribution >= 4 is 17.3 Å². The molecule has 4 rings (SSSR count). The number of carbonyl (C=O) groups is 1. The number of piperidine rings is 1. The molecule has 0 atom stereocenters. The quantitative estimate of drug-likeness (QED) is 0.463. The van der Waals surface area contributed by atoms with Crippen LogP contribution in [0.1, 0.15) is 57.1 Å². The fraction of sp³-hybridized carbons (Fsp3) is 0.552. The fourth-order valence-electron chi connectivity index (χ4n) is 5.55. The largest absolute Gasteiger partial charge is 0.304 e. The number of hydrogen-bond acceptors (Lipinski definition) is 3. The number of aryl methyl sites for hydroxylation is 2. The topological polar surface area (TPSA) is 26.8 Å². The molecule has 0 bridgehead atoms. The fourth-order valence-corrected chi connectivity index (χ4v) is 5.55. The average Bonchev–Trinajstić information content (AvgIpc) is 3.02. The smallest absolute Gasteiger partial charge is 0.245 e. The molecule has 2 aliphatic heterocycles. The van der Waals surface area contributed by atoms with Crippen LogP contribution < -0.4 is 4.90 Å². The SMILES string of the molecule is CCN(CC)CCCCC1CCN(CC(=O)N2c3ccccc3CCc3ccccc32)CC1. The zero-order valence-electron chi connectivity index (χ0n) is 20.6. The van der Waals surface area contributed by atoms with Gasteiger partial charge in [0.15, 0.2) is 0 Å². The zero-order chi connectivity index (χ0) is 23.0. The Labute approximate surface area is 200 Å². The van der Waals surface area contributed by atoms with Crippen LogP contribution in [0.15, 0.2) is 48.5 Å². The third-order valence-electron chi connectivity index (χ3n) is 7.68. The second kappa shape index (κ2) is 11.8. The minimum Gasteiger partial charge on any atom is -0.304 e. The summed E-state index contributed by atoms with van der Waals surface area (Å²) >= 11 is 0. The molecule has 0 aliphatic carbocycles. The molecule has 0 unspecified atom stereocenters. The van der Waals surface area contributed by atoms with Crippen LogP contribution in [0.3, 0.4) is 0 Å². The third-order valence-corrected chi connectivity index (χ3v) is 7.68. The molecule has 178 valence electrons. The van der Waals surface area contributed by atoms with Crippen LogP contribution in [0.25, 0.3) is 0 Å². The van der Waals surface area contributed by atoms with Gasteiger partial charge in [0.1, 0.15) is 0 Å². The van der Waals surface area contributed by atoms with Crippen LogP contribution in [0.5, 0.6) is 0 Å². The number of carbonyl (C=O) groups excluding carboxylic acids is 1. The Morgan fingerprint density at radius 1 is 0.879 bits per heavy atom. The molecule has 2 heterocycles. The molecule has 4 nitrogen and oxygen atoms in total. The van der Waals surface area contributed by atoms with Gasteiger partial charge in [-0.2, -0.15) is 0 Å². The number of unbranched alkanes of at least 4 members (excludes halogenated alkanes) is 1. The summed E-state index contributed by atoms with van der Waals surface area (Å²) in [4.78, 5) is 20.5. The maximum absolute atomic E-state index is 13.6. The van der Waals surface area contributed by atoms with Crippen LogP contribution in [0, 0.1) is 5.92 Å². The molecule has 1 fully saturated rings. The van der Waals surface area contributed by atoms with Gasteiger partial charge in [-0.05, 0) is 94.0 Å². The standard InChI is InChI=1S/C29H41N3O/c1-3-30(4-2)20-10-9-11-24-18-21-31(22-19-24)23-29(33)32-27-14-7-5-12-25(27)16-17-26-13-6-8-15-28(26)32/h5-8,12-15,24H,3-4,9-11,16-23H2,1-2H3. The summed E-state index contributed by atoms with van der Waals surface area (Å²) in [6.07, 6.45) is 8.41. The van der Waals surface area contributed by atoms with E-state index in [1.54, 1.807) is 0 Å². The normalized spacial score (nSPS) is 17.0. The number of anilines is 2. The van der Waals surface area contributed by atoms with E-state index < -0.39 is 0 Å². The Bertz CT molecular complexity index is 852. The van der Waals surface area contributed by atoms with E-state index in [-0.39, 0.29) is 5.91 Å². The van der Waals surface area contributed by atoms with E-state index in [9.17, 15) is 4.79 Å². The van der Waals surface area contributed by atoms with Crippen LogP contribution in [0.4, 0.5) is 11.4 Å². The third kappa shape index (κ3) is 6.04. The second-order valence-electron chi connectivity index (χ2n) is 9.73. The molecule has 0 N–H and O–H groups in total. The lowest BCUT2D eigenvalue weighted by Crippen LogP contribution is -2.42. The first-order valence-electron chi connectivity index (χ1n) is 13.1. The lowest BCUT2D eigenvalue weighted by Gasteiger charge is -2.33. The van der Waals surface area contributed by atoms with E-state index in [0.717, 1.165) is 56.3 Å². The maximum Gasteiger partial charge on any atom is 0.245 e. The van der Waals surface area contributed by atoms with Gasteiger partial charge < -0.3 is 4.90 Å². The van der Waals surface area contributed by atoms with Crippen molar-refractivity contribution in [2.24, 2.45) is 5.92 Å². The minimum atomic E-state index is 0.203. The number of para-hydroxylation sites is 2. The molecular weight excluding hydrogens is 406 g/mol. The van der Waals surface area contributed by atoms with E-state index >= 15 is 0 Å². The van der Waals surface area contributed by atoms with Crippen LogP contribution >= 0.6 is 0 Å². The van der Waals surface area contributed by atoms with Gasteiger partial charge in [-0.3, -0.25) is 14.6 Å². The maximum atomic E-state index is 13.6. The highest BCUT2D eigenvalue weighted by Gasteiger charge is 2.28. The number of benzene rings is 2. The summed E-state index contributed by atoms with van der Waals surface area (Å²) < 4.78 is 0. The van der Waals surface area contributed by atoms with Gasteiger partial charge in [-0.25, -0.2) is 0 Å². The van der Waals surface area contributed by atoms with Crippen LogP contribution in [0.2, 0.25) is 0 Å². The van der Waals surface area contributed by atoms with Crippen molar-refractivity contribution in [1.29, 1.82) is 0 Å². The van der Waals surface area contributed by atoms with E-state index in [1.165, 1.54) is 49.8 Å². The Hall–Kier alpha value is -2.17. The summed E-state index contributed by atoms with van der Waals surface area (Å²) in [5.74, 6) is 1.03. The lowest BCUT2D eigenvalue weighted by molar-refractivity contribution is -0.119. The predicted octanol–water partition coefficient (Wildman–Crippen LogP) is 5.67. The van der Waals surface area contributed by atoms with Crippen molar-refractivity contribution in [2.75, 3.05) is 44.2 Å². The van der Waals surface area contributed by atoms with Crippen molar-refractivity contribution < 1.29 is 4.79 Å². The first-order chi connectivity index (χ1) is 16.2. The zero-order valence-corrected chi connectivity index (χ0v) is 20.6. The molecule has 0 saturated carbocycles. The van der Waals surface area contributed by atoms with Gasteiger partial charge in [0.25, 0.3) is 0 Å². The first-order valence-corrected chi connectivity index (χ1v) is 13.1. The van der Waals surface area contributed by atoms with Gasteiger partial charge in [-0.15, -0.1) is 0 Å². The van der Waals surface area contributed by atoms with Crippen LogP contribution in [-0.2, 0) is 17.6 Å². The summed E-state index contributed by atoms with van der Waals surface area (Å²) in [6.45, 7) is 10.7. The first kappa shape index (κ1) is 24.0. The number of amides is 1. The molecule has 0 spiro atoms. The Kier molecular flexibility index (Phi) is 8.57. The number of hydrogen-bond donors (Lipinski definition) is 0. The molecule has 2 aromatic rings. The average molecular weight is 448 g/mol. The van der Waals surface area contributed by atoms with Gasteiger partial charge >= 0.3 is 0 Å². The molecule has 1 saturated heterocycles. The molecule has 0 radical (unpaired) electrons. The summed E-state index contributed by atoms with van der Waals surface area (Å²) in [7, 11) is 0. The lowest BCUT2D eigenvalue weighted by atomic mass is 9.91. The van der Waals surface area contributed by atoms with Crippen molar-refractivity contribution in [3.05, 3.63) is 59.7 Å². The highest BCUT2D eigenvalue weighted by atomic mass is 16.2. The van der Waals surface area contributed by atoms with E-state index in [1.807, 2.05) is 4.90 Å². The summed E-state index contributed by atoms with van der Waals surface area (Å²) in [5.41, 5.74) is 4.67. The van der Waals surface area contributed by atoms with E-state index in [4.69, 9.17) is 0 Å². The minimum absolute atomic E-state index is 0.203. The van der Waals surface area contributed by atoms with Crippen molar-refractivity contribution in [3.63, 3.8) is 0 Å². The predicted molar refractivity (Wildman–Crippen MR) is 138 cm³/mol. The Balaban J connectivity index is 1.33. The number of fused-ring (bicyclic) bond motifs is 2. The molecule has 2 aliphatic rings. The monoisotopic (exact) mass is 447 g/mol. The van der Waals surface area contributed by atoms with Crippen molar-refractivity contribution in [1.82, 2.24) is 9.80 Å². The number of likely N-dealkylation sites (tertiary alicyclic amines) is 1. The van der Waals surface area contributed by atoms with E-state index in [2.05, 4.69) is 72.2 Å². The second-order valence-corrected chi connectivity index (χ2v) is 9.73. The highest BCUT2D eigenvalue weighted by molar-refractivity contribution is 6.03. The number of nitrogens with zero attached hydrogens (tertiary/aromatic N) is 3. The molecule has 4 heteroatoms. The summed E-state index contributed by atoms with van der Waals surface area (Å²) in [6, 6.07) is 16.9. The Morgan fingerprint density at radius 3 is 2.03 bits per heavy atom.